The van der Waals surface area contributed by atoms with Gasteiger partial charge in [-0.25, -0.2) is 0 Å². The number of rotatable bonds is 3. The van der Waals surface area contributed by atoms with Gasteiger partial charge in [0.25, 0.3) is 0 Å². The summed E-state index contributed by atoms with van der Waals surface area (Å²) in [6.45, 7) is 9.16. The molecule has 0 spiro atoms. The number of nitrogens with two attached hydrogens (primary N) is 1. The summed E-state index contributed by atoms with van der Waals surface area (Å²) in [4.78, 5) is 0. The Labute approximate surface area is 193 Å². The summed E-state index contributed by atoms with van der Waals surface area (Å²) in [5.74, 6) is 0.463. The highest BCUT2D eigenvalue weighted by molar-refractivity contribution is 6.08. The number of aromatic nitrogens is 3. The van der Waals surface area contributed by atoms with Crippen LogP contribution in [0.25, 0.3) is 21.8 Å². The van der Waals surface area contributed by atoms with Crippen molar-refractivity contribution in [1.82, 2.24) is 14.8 Å². The second-order valence-corrected chi connectivity index (χ2v) is 8.29. The Kier molecular flexibility index (Phi) is 6.12. The van der Waals surface area contributed by atoms with Crippen LogP contribution in [0.15, 0.2) is 53.9 Å². The first-order valence-electron chi connectivity index (χ1n) is 11.2. The van der Waals surface area contributed by atoms with Crippen LogP contribution in [0, 0.1) is 11.3 Å². The number of benzene rings is 2. The van der Waals surface area contributed by atoms with Crippen LogP contribution in [0.5, 0.6) is 5.88 Å². The zero-order valence-corrected chi connectivity index (χ0v) is 19.4. The maximum Gasteiger partial charge on any atom is 0.244 e. The third-order valence-electron chi connectivity index (χ3n) is 5.99. The zero-order valence-electron chi connectivity index (χ0n) is 19.4. The Bertz CT molecular complexity index is 1390. The molecule has 5 rings (SSSR count). The molecule has 0 bridgehead atoms. The number of aliphatic hydroxyl groups excluding tert-OH is 1. The standard InChI is InChI=1S/C24H23N5O.C2H6O/c1-4-29-18-8-6-5-7-15(18)16-11-14(9-10-19(16)29)20-17(12-25)23(26)30-24-21(20)22(13(2)3)27-28-24;1-2-3/h5-11,13,20H,4,26H2,1-3H3,(H,27,28);3H,2H2,1H3. The number of hydrogen-bond acceptors (Lipinski definition) is 5. The van der Waals surface area contributed by atoms with E-state index in [0.29, 0.717) is 11.5 Å². The topological polar surface area (TPSA) is 113 Å². The largest absolute Gasteiger partial charge is 0.420 e. The lowest BCUT2D eigenvalue weighted by molar-refractivity contribution is 0.318. The minimum absolute atomic E-state index is 0.118. The highest BCUT2D eigenvalue weighted by atomic mass is 16.5. The molecule has 170 valence electrons. The Hall–Kier alpha value is -3.76. The van der Waals surface area contributed by atoms with Crippen LogP contribution in [0.4, 0.5) is 0 Å². The van der Waals surface area contributed by atoms with Gasteiger partial charge >= 0.3 is 0 Å². The number of nitriles is 1. The van der Waals surface area contributed by atoms with Crippen molar-refractivity contribution < 1.29 is 9.84 Å². The number of aliphatic hydroxyl groups is 1. The first kappa shape index (κ1) is 22.4. The maximum absolute atomic E-state index is 9.91. The van der Waals surface area contributed by atoms with Gasteiger partial charge in [0.2, 0.25) is 11.8 Å². The third-order valence-corrected chi connectivity index (χ3v) is 5.99. The van der Waals surface area contributed by atoms with Crippen LogP contribution in [0.3, 0.4) is 0 Å². The van der Waals surface area contributed by atoms with Crippen molar-refractivity contribution in [2.75, 3.05) is 6.61 Å². The predicted octanol–water partition coefficient (Wildman–Crippen LogP) is 4.88. The summed E-state index contributed by atoms with van der Waals surface area (Å²) < 4.78 is 8.00. The number of allylic oxidation sites excluding steroid dienone is 1. The van der Waals surface area contributed by atoms with Gasteiger partial charge in [-0.2, -0.15) is 5.26 Å². The van der Waals surface area contributed by atoms with E-state index in [2.05, 4.69) is 84.1 Å². The van der Waals surface area contributed by atoms with E-state index in [9.17, 15) is 5.26 Å². The summed E-state index contributed by atoms with van der Waals surface area (Å²) in [5.41, 5.74) is 11.8. The first-order chi connectivity index (χ1) is 16.0. The van der Waals surface area contributed by atoms with Crippen molar-refractivity contribution in [3.63, 3.8) is 0 Å². The number of H-pyrrole nitrogens is 1. The normalized spacial score (nSPS) is 15.2. The molecule has 3 heterocycles. The number of nitrogens with zero attached hydrogens (tertiary/aromatic N) is 3. The SMILES string of the molecule is CCO.CCn1c2ccccc2c2cc(C3C(C#N)=C(N)Oc4n[nH]c(C(C)C)c43)ccc21. The molecule has 7 heteroatoms. The smallest absolute Gasteiger partial charge is 0.244 e. The molecular weight excluding hydrogens is 414 g/mol. The monoisotopic (exact) mass is 443 g/mol. The van der Waals surface area contributed by atoms with E-state index >= 15 is 0 Å². The highest BCUT2D eigenvalue weighted by Crippen LogP contribution is 2.45. The van der Waals surface area contributed by atoms with Gasteiger partial charge < -0.3 is 20.1 Å². The fourth-order valence-corrected chi connectivity index (χ4v) is 4.63. The van der Waals surface area contributed by atoms with E-state index in [4.69, 9.17) is 15.6 Å². The van der Waals surface area contributed by atoms with Gasteiger partial charge in [-0.05, 0) is 43.5 Å². The van der Waals surface area contributed by atoms with Gasteiger partial charge in [0.15, 0.2) is 0 Å². The summed E-state index contributed by atoms with van der Waals surface area (Å²) in [6, 6.07) is 17.1. The molecule has 2 aromatic carbocycles. The summed E-state index contributed by atoms with van der Waals surface area (Å²) in [5, 5.41) is 27.3. The van der Waals surface area contributed by atoms with Crippen LogP contribution in [-0.2, 0) is 6.54 Å². The van der Waals surface area contributed by atoms with Gasteiger partial charge in [-0.3, -0.25) is 5.10 Å². The van der Waals surface area contributed by atoms with Gasteiger partial charge in [-0.1, -0.05) is 38.1 Å². The average Bonchev–Trinajstić information content (AvgIpc) is 3.37. The summed E-state index contributed by atoms with van der Waals surface area (Å²) in [7, 11) is 0. The number of hydrogen-bond donors (Lipinski definition) is 3. The number of aromatic amines is 1. The number of para-hydroxylation sites is 1. The first-order valence-corrected chi connectivity index (χ1v) is 11.2. The molecule has 0 saturated carbocycles. The number of nitrogens with one attached hydrogen (secondary N) is 1. The lowest BCUT2D eigenvalue weighted by Gasteiger charge is -2.25. The van der Waals surface area contributed by atoms with E-state index < -0.39 is 0 Å². The molecule has 1 aliphatic heterocycles. The summed E-state index contributed by atoms with van der Waals surface area (Å²) in [6.07, 6.45) is 0. The molecule has 4 aromatic rings. The highest BCUT2D eigenvalue weighted by Gasteiger charge is 2.36. The fraction of sp³-hybridized carbons (Fsp3) is 0.308. The molecular formula is C26H29N5O2. The van der Waals surface area contributed by atoms with Gasteiger partial charge in [0.1, 0.15) is 11.6 Å². The molecule has 0 radical (unpaired) electrons. The Morgan fingerprint density at radius 2 is 1.88 bits per heavy atom. The van der Waals surface area contributed by atoms with E-state index in [1.54, 1.807) is 6.92 Å². The molecule has 7 nitrogen and oxygen atoms in total. The van der Waals surface area contributed by atoms with Crippen molar-refractivity contribution in [1.29, 1.82) is 5.26 Å². The molecule has 1 atom stereocenters. The van der Waals surface area contributed by atoms with Gasteiger partial charge in [0, 0.05) is 40.7 Å². The van der Waals surface area contributed by atoms with Gasteiger partial charge in [-0.15, -0.1) is 5.10 Å². The van der Waals surface area contributed by atoms with Crippen molar-refractivity contribution in [3.05, 3.63) is 70.7 Å². The molecule has 1 unspecified atom stereocenters. The van der Waals surface area contributed by atoms with Crippen LogP contribution >= 0.6 is 0 Å². The molecule has 0 fully saturated rings. The molecule has 0 aliphatic carbocycles. The maximum atomic E-state index is 9.91. The average molecular weight is 444 g/mol. The van der Waals surface area contributed by atoms with Crippen molar-refractivity contribution in [2.45, 2.75) is 46.1 Å². The Morgan fingerprint density at radius 3 is 2.55 bits per heavy atom. The summed E-state index contributed by atoms with van der Waals surface area (Å²) >= 11 is 0. The van der Waals surface area contributed by atoms with Crippen molar-refractivity contribution >= 4 is 21.8 Å². The Morgan fingerprint density at radius 1 is 1.18 bits per heavy atom. The second kappa shape index (κ2) is 9.00. The van der Waals surface area contributed by atoms with Gasteiger partial charge in [0.05, 0.1) is 11.5 Å². The lowest BCUT2D eigenvalue weighted by atomic mass is 9.82. The molecule has 4 N–H and O–H groups in total. The van der Waals surface area contributed by atoms with Crippen LogP contribution in [0.2, 0.25) is 0 Å². The zero-order chi connectivity index (χ0) is 23.7. The minimum Gasteiger partial charge on any atom is -0.420 e. The van der Waals surface area contributed by atoms with Crippen LogP contribution in [0.1, 0.15) is 56.4 Å². The van der Waals surface area contributed by atoms with E-state index in [1.807, 2.05) is 0 Å². The number of fused-ring (bicyclic) bond motifs is 4. The number of ether oxygens (including phenoxy) is 1. The molecule has 0 amide bonds. The molecule has 1 aliphatic rings. The Balaban J connectivity index is 0.000000821. The van der Waals surface area contributed by atoms with E-state index in [1.165, 1.54) is 21.8 Å². The van der Waals surface area contributed by atoms with Crippen molar-refractivity contribution in [2.24, 2.45) is 5.73 Å². The van der Waals surface area contributed by atoms with Crippen LogP contribution < -0.4 is 10.5 Å². The predicted molar refractivity (Wildman–Crippen MR) is 130 cm³/mol. The van der Waals surface area contributed by atoms with E-state index in [0.717, 1.165) is 23.4 Å². The van der Waals surface area contributed by atoms with Crippen molar-refractivity contribution in [3.8, 4) is 11.9 Å². The molecule has 0 saturated heterocycles. The molecule has 2 aromatic heterocycles. The van der Waals surface area contributed by atoms with E-state index in [-0.39, 0.29) is 24.3 Å². The molecule has 33 heavy (non-hydrogen) atoms. The minimum atomic E-state index is -0.317. The van der Waals surface area contributed by atoms with Crippen LogP contribution in [-0.4, -0.2) is 26.5 Å². The third kappa shape index (κ3) is 3.62. The lowest BCUT2D eigenvalue weighted by Crippen LogP contribution is -2.21. The number of aryl methyl sites for hydroxylation is 1. The fourth-order valence-electron chi connectivity index (χ4n) is 4.63. The quantitative estimate of drug-likeness (QED) is 0.418. The second-order valence-electron chi connectivity index (χ2n) is 8.29.